The van der Waals surface area contributed by atoms with Gasteiger partial charge in [-0.15, -0.1) is 24.0 Å². The normalized spacial score (nSPS) is 20.3. The number of benzene rings is 1. The van der Waals surface area contributed by atoms with E-state index in [9.17, 15) is 0 Å². The van der Waals surface area contributed by atoms with Gasteiger partial charge in [0.15, 0.2) is 5.96 Å². The lowest BCUT2D eigenvalue weighted by Gasteiger charge is -2.27. The zero-order valence-corrected chi connectivity index (χ0v) is 16.9. The molecule has 134 valence electrons. The molecule has 0 aromatic heterocycles. The Kier molecular flexibility index (Phi) is 7.16. The van der Waals surface area contributed by atoms with Crippen LogP contribution >= 0.6 is 24.0 Å². The van der Waals surface area contributed by atoms with E-state index in [1.165, 1.54) is 18.4 Å². The number of hydrogen-bond acceptors (Lipinski definition) is 3. The van der Waals surface area contributed by atoms with Gasteiger partial charge in [0, 0.05) is 30.6 Å². The fourth-order valence-electron chi connectivity index (χ4n) is 3.27. The van der Waals surface area contributed by atoms with E-state index in [0.717, 1.165) is 31.3 Å². The Morgan fingerprint density at radius 2 is 2.08 bits per heavy atom. The van der Waals surface area contributed by atoms with Crippen molar-refractivity contribution in [1.82, 2.24) is 10.2 Å². The molecule has 24 heavy (non-hydrogen) atoms. The Hall–Kier alpha value is -1.02. The standard InChI is InChI=1S/C18H28N4O.HI/c1-13(2)22(14-7-8-14)11-10-20-18(19)21-16-9-12-23-17-6-4-3-5-15(16)17;/h3-6,13-14,16H,7-12H2,1-2H3,(H3,19,20,21);1H. The average Bonchev–Trinajstić information content (AvgIpc) is 3.36. The molecule has 0 amide bonds. The summed E-state index contributed by atoms with van der Waals surface area (Å²) in [5, 5.41) is 3.35. The minimum atomic E-state index is 0. The summed E-state index contributed by atoms with van der Waals surface area (Å²) < 4.78 is 5.68. The Bertz CT molecular complexity index is 558. The first-order chi connectivity index (χ1) is 11.1. The van der Waals surface area contributed by atoms with Crippen molar-refractivity contribution < 1.29 is 4.74 Å². The summed E-state index contributed by atoms with van der Waals surface area (Å²) in [6, 6.07) is 9.66. The van der Waals surface area contributed by atoms with Crippen molar-refractivity contribution in [3.05, 3.63) is 29.8 Å². The molecule has 1 saturated carbocycles. The van der Waals surface area contributed by atoms with E-state index in [1.54, 1.807) is 0 Å². The van der Waals surface area contributed by atoms with Gasteiger partial charge in [0.2, 0.25) is 0 Å². The fraction of sp³-hybridized carbons (Fsp3) is 0.611. The molecule has 1 aliphatic carbocycles. The monoisotopic (exact) mass is 444 g/mol. The van der Waals surface area contributed by atoms with E-state index in [4.69, 9.17) is 10.5 Å². The summed E-state index contributed by atoms with van der Waals surface area (Å²) in [7, 11) is 0. The molecule has 1 unspecified atom stereocenters. The number of para-hydroxylation sites is 1. The fourth-order valence-corrected chi connectivity index (χ4v) is 3.27. The Balaban J connectivity index is 0.00000208. The van der Waals surface area contributed by atoms with Gasteiger partial charge in [-0.3, -0.25) is 9.89 Å². The molecule has 6 heteroatoms. The molecule has 1 aromatic rings. The van der Waals surface area contributed by atoms with Crippen molar-refractivity contribution in [3.8, 4) is 5.75 Å². The highest BCUT2D eigenvalue weighted by Gasteiger charge is 2.30. The molecule has 5 nitrogen and oxygen atoms in total. The second kappa shape index (κ2) is 8.89. The Morgan fingerprint density at radius 3 is 2.79 bits per heavy atom. The van der Waals surface area contributed by atoms with Crippen LogP contribution in [0.5, 0.6) is 5.75 Å². The van der Waals surface area contributed by atoms with Crippen LogP contribution < -0.4 is 15.8 Å². The summed E-state index contributed by atoms with van der Waals surface area (Å²) in [5.74, 6) is 1.48. The topological polar surface area (TPSA) is 62.9 Å². The van der Waals surface area contributed by atoms with Crippen LogP contribution in [0.2, 0.25) is 0 Å². The lowest BCUT2D eigenvalue weighted by atomic mass is 10.0. The number of fused-ring (bicyclic) bond motifs is 1. The summed E-state index contributed by atoms with van der Waals surface area (Å²) in [6.45, 7) is 6.95. The van der Waals surface area contributed by atoms with Crippen LogP contribution in [-0.2, 0) is 0 Å². The first-order valence-electron chi connectivity index (χ1n) is 8.69. The molecule has 0 radical (unpaired) electrons. The zero-order chi connectivity index (χ0) is 16.2. The van der Waals surface area contributed by atoms with Gasteiger partial charge in [-0.1, -0.05) is 18.2 Å². The van der Waals surface area contributed by atoms with E-state index < -0.39 is 0 Å². The molecule has 1 fully saturated rings. The van der Waals surface area contributed by atoms with Crippen molar-refractivity contribution in [2.45, 2.75) is 51.2 Å². The summed E-state index contributed by atoms with van der Waals surface area (Å²) in [6.07, 6.45) is 3.57. The molecule has 1 atom stereocenters. The number of nitrogens with one attached hydrogen (secondary N) is 1. The van der Waals surface area contributed by atoms with E-state index in [0.29, 0.717) is 18.6 Å². The van der Waals surface area contributed by atoms with Crippen molar-refractivity contribution in [1.29, 1.82) is 0 Å². The van der Waals surface area contributed by atoms with Crippen LogP contribution in [0.1, 0.15) is 44.7 Å². The van der Waals surface area contributed by atoms with E-state index in [-0.39, 0.29) is 30.0 Å². The Labute approximate surface area is 162 Å². The highest BCUT2D eigenvalue weighted by atomic mass is 127. The van der Waals surface area contributed by atoms with Gasteiger partial charge < -0.3 is 15.8 Å². The zero-order valence-electron chi connectivity index (χ0n) is 14.6. The van der Waals surface area contributed by atoms with Crippen LogP contribution in [0.25, 0.3) is 0 Å². The first kappa shape index (κ1) is 19.3. The van der Waals surface area contributed by atoms with E-state index in [1.807, 2.05) is 18.2 Å². The van der Waals surface area contributed by atoms with Gasteiger partial charge in [-0.25, -0.2) is 0 Å². The third-order valence-corrected chi connectivity index (χ3v) is 4.60. The summed E-state index contributed by atoms with van der Waals surface area (Å²) >= 11 is 0. The Morgan fingerprint density at radius 1 is 1.33 bits per heavy atom. The van der Waals surface area contributed by atoms with E-state index >= 15 is 0 Å². The predicted molar refractivity (Wildman–Crippen MR) is 109 cm³/mol. The molecule has 3 rings (SSSR count). The number of aliphatic imine (C=N–C) groups is 1. The largest absolute Gasteiger partial charge is 0.493 e. The number of hydrogen-bond donors (Lipinski definition) is 2. The summed E-state index contributed by atoms with van der Waals surface area (Å²) in [4.78, 5) is 7.05. The molecule has 1 aliphatic heterocycles. The molecule has 1 aromatic carbocycles. The number of nitrogens with two attached hydrogens (primary N) is 1. The van der Waals surface area contributed by atoms with Gasteiger partial charge in [0.05, 0.1) is 19.2 Å². The van der Waals surface area contributed by atoms with Crippen molar-refractivity contribution in [2.75, 3.05) is 19.7 Å². The highest BCUT2D eigenvalue weighted by Crippen LogP contribution is 2.31. The number of rotatable bonds is 6. The molecule has 0 spiro atoms. The molecule has 1 heterocycles. The quantitative estimate of drug-likeness (QED) is 0.403. The minimum absolute atomic E-state index is 0. The van der Waals surface area contributed by atoms with Gasteiger partial charge in [0.25, 0.3) is 0 Å². The third kappa shape index (κ3) is 4.99. The number of nitrogens with zero attached hydrogens (tertiary/aromatic N) is 2. The van der Waals surface area contributed by atoms with Crippen LogP contribution in [0.15, 0.2) is 29.3 Å². The number of halogens is 1. The van der Waals surface area contributed by atoms with Crippen LogP contribution in [-0.4, -0.2) is 42.6 Å². The smallest absolute Gasteiger partial charge is 0.189 e. The maximum Gasteiger partial charge on any atom is 0.189 e. The van der Waals surface area contributed by atoms with Crippen molar-refractivity contribution >= 4 is 29.9 Å². The molecule has 3 N–H and O–H groups in total. The minimum Gasteiger partial charge on any atom is -0.493 e. The second-order valence-corrected chi connectivity index (χ2v) is 6.70. The van der Waals surface area contributed by atoms with Crippen LogP contribution in [0.4, 0.5) is 0 Å². The molecule has 2 aliphatic rings. The van der Waals surface area contributed by atoms with E-state index in [2.05, 4.69) is 35.1 Å². The number of ether oxygens (including phenoxy) is 1. The lowest BCUT2D eigenvalue weighted by Crippen LogP contribution is -2.39. The number of guanidine groups is 1. The average molecular weight is 444 g/mol. The van der Waals surface area contributed by atoms with Crippen molar-refractivity contribution in [2.24, 2.45) is 10.7 Å². The van der Waals surface area contributed by atoms with Gasteiger partial charge >= 0.3 is 0 Å². The van der Waals surface area contributed by atoms with Gasteiger partial charge in [-0.05, 0) is 32.8 Å². The van der Waals surface area contributed by atoms with Gasteiger partial charge in [-0.2, -0.15) is 0 Å². The van der Waals surface area contributed by atoms with Crippen molar-refractivity contribution in [3.63, 3.8) is 0 Å². The highest BCUT2D eigenvalue weighted by molar-refractivity contribution is 14.0. The summed E-state index contributed by atoms with van der Waals surface area (Å²) in [5.41, 5.74) is 7.26. The maximum absolute atomic E-state index is 6.10. The molecular formula is C18H29IN4O. The maximum atomic E-state index is 6.10. The second-order valence-electron chi connectivity index (χ2n) is 6.70. The lowest BCUT2D eigenvalue weighted by molar-refractivity contribution is 0.218. The third-order valence-electron chi connectivity index (χ3n) is 4.60. The molecule has 0 saturated heterocycles. The molecule has 0 bridgehead atoms. The predicted octanol–water partition coefficient (Wildman–Crippen LogP) is 2.91. The van der Waals surface area contributed by atoms with Crippen LogP contribution in [0.3, 0.4) is 0 Å². The van der Waals surface area contributed by atoms with Crippen LogP contribution in [0, 0.1) is 0 Å². The molecular weight excluding hydrogens is 415 g/mol. The van der Waals surface area contributed by atoms with Gasteiger partial charge in [0.1, 0.15) is 5.75 Å². The first-order valence-corrected chi connectivity index (χ1v) is 8.69. The SMILES string of the molecule is CC(C)N(CCN=C(N)NC1CCOc2ccccc21)C1CC1.I.